The van der Waals surface area contributed by atoms with E-state index in [1.807, 2.05) is 0 Å². The van der Waals surface area contributed by atoms with Crippen molar-refractivity contribution in [3.63, 3.8) is 0 Å². The number of hydrogen-bond donors (Lipinski definition) is 0. The van der Waals surface area contributed by atoms with E-state index in [0.717, 1.165) is 5.56 Å². The third-order valence-electron chi connectivity index (χ3n) is 2.22. The third kappa shape index (κ3) is 5.33. The average molecular weight is 263 g/mol. The molecule has 5 nitrogen and oxygen atoms in total. The largest absolute Gasteiger partial charge is 0.466 e. The van der Waals surface area contributed by atoms with Crippen LogP contribution in [0, 0.1) is 0 Å². The molecule has 19 heavy (non-hydrogen) atoms. The van der Waals surface area contributed by atoms with Crippen molar-refractivity contribution in [2.24, 2.45) is 0 Å². The maximum Gasteiger partial charge on any atom is 0.334 e. The van der Waals surface area contributed by atoms with Gasteiger partial charge in [0.05, 0.1) is 19.6 Å². The zero-order valence-corrected chi connectivity index (χ0v) is 11.1. The zero-order chi connectivity index (χ0) is 14.1. The monoisotopic (exact) mass is 263 g/mol. The van der Waals surface area contributed by atoms with Gasteiger partial charge >= 0.3 is 11.9 Å². The van der Waals surface area contributed by atoms with Crippen molar-refractivity contribution in [1.82, 2.24) is 4.98 Å². The van der Waals surface area contributed by atoms with Crippen LogP contribution < -0.4 is 0 Å². The van der Waals surface area contributed by atoms with Crippen LogP contribution in [-0.4, -0.2) is 30.1 Å². The van der Waals surface area contributed by atoms with Gasteiger partial charge in [0.1, 0.15) is 0 Å². The van der Waals surface area contributed by atoms with Crippen molar-refractivity contribution >= 4 is 18.0 Å². The summed E-state index contributed by atoms with van der Waals surface area (Å²) in [7, 11) is 0. The summed E-state index contributed by atoms with van der Waals surface area (Å²) < 4.78 is 9.76. The predicted octanol–water partition coefficient (Wildman–Crippen LogP) is 1.98. The van der Waals surface area contributed by atoms with Crippen LogP contribution in [0.4, 0.5) is 0 Å². The number of nitrogens with zero attached hydrogens (tertiary/aromatic N) is 1. The summed E-state index contributed by atoms with van der Waals surface area (Å²) in [5.74, 6) is -0.955. The maximum atomic E-state index is 11.8. The maximum absolute atomic E-state index is 11.8. The second-order valence-corrected chi connectivity index (χ2v) is 3.65. The Balaban J connectivity index is 2.89. The minimum atomic E-state index is -0.507. The van der Waals surface area contributed by atoms with E-state index in [4.69, 9.17) is 9.47 Å². The molecule has 0 radical (unpaired) electrons. The molecule has 0 aliphatic carbocycles. The highest BCUT2D eigenvalue weighted by atomic mass is 16.5. The lowest BCUT2D eigenvalue weighted by molar-refractivity contribution is -0.145. The first-order valence-corrected chi connectivity index (χ1v) is 6.10. The van der Waals surface area contributed by atoms with Crippen molar-refractivity contribution < 1.29 is 19.1 Å². The Morgan fingerprint density at radius 3 is 2.37 bits per heavy atom. The van der Waals surface area contributed by atoms with Gasteiger partial charge in [0.2, 0.25) is 0 Å². The third-order valence-corrected chi connectivity index (χ3v) is 2.22. The zero-order valence-electron chi connectivity index (χ0n) is 11.1. The van der Waals surface area contributed by atoms with E-state index in [2.05, 4.69) is 4.98 Å². The number of esters is 2. The van der Waals surface area contributed by atoms with Gasteiger partial charge < -0.3 is 9.47 Å². The molecule has 0 aromatic carbocycles. The second-order valence-electron chi connectivity index (χ2n) is 3.65. The average Bonchev–Trinajstić information content (AvgIpc) is 2.40. The van der Waals surface area contributed by atoms with Gasteiger partial charge in [0.15, 0.2) is 0 Å². The summed E-state index contributed by atoms with van der Waals surface area (Å²) in [6, 6.07) is 3.48. The van der Waals surface area contributed by atoms with Crippen molar-refractivity contribution in [1.29, 1.82) is 0 Å². The van der Waals surface area contributed by atoms with Crippen LogP contribution in [0.1, 0.15) is 25.8 Å². The van der Waals surface area contributed by atoms with Crippen LogP contribution in [0.2, 0.25) is 0 Å². The molecule has 0 saturated heterocycles. The Morgan fingerprint density at radius 1 is 1.16 bits per heavy atom. The lowest BCUT2D eigenvalue weighted by Crippen LogP contribution is -2.13. The molecule has 0 aliphatic heterocycles. The summed E-state index contributed by atoms with van der Waals surface area (Å²) >= 11 is 0. The molecular formula is C14H17NO4. The van der Waals surface area contributed by atoms with Gasteiger partial charge in [0.25, 0.3) is 0 Å². The number of pyridine rings is 1. The number of ether oxygens (including phenoxy) is 2. The van der Waals surface area contributed by atoms with E-state index in [9.17, 15) is 9.59 Å². The molecule has 0 bridgehead atoms. The second kappa shape index (κ2) is 8.02. The smallest absolute Gasteiger partial charge is 0.334 e. The molecular weight excluding hydrogens is 246 g/mol. The molecule has 5 heteroatoms. The minimum Gasteiger partial charge on any atom is -0.466 e. The van der Waals surface area contributed by atoms with Gasteiger partial charge in [-0.3, -0.25) is 9.78 Å². The normalized spacial score (nSPS) is 10.9. The summed E-state index contributed by atoms with van der Waals surface area (Å²) in [6.07, 6.45) is 4.73. The summed E-state index contributed by atoms with van der Waals surface area (Å²) in [5, 5.41) is 0. The number of carbonyl (C=O) groups excluding carboxylic acids is 2. The van der Waals surface area contributed by atoms with Crippen molar-refractivity contribution in [2.45, 2.75) is 20.3 Å². The summed E-state index contributed by atoms with van der Waals surface area (Å²) in [6.45, 7) is 3.97. The topological polar surface area (TPSA) is 65.5 Å². The van der Waals surface area contributed by atoms with Crippen LogP contribution in [-0.2, 0) is 19.1 Å². The van der Waals surface area contributed by atoms with Crippen LogP contribution in [0.5, 0.6) is 0 Å². The summed E-state index contributed by atoms with van der Waals surface area (Å²) in [4.78, 5) is 27.1. The van der Waals surface area contributed by atoms with Crippen LogP contribution >= 0.6 is 0 Å². The van der Waals surface area contributed by atoms with Crippen molar-refractivity contribution in [3.05, 3.63) is 35.7 Å². The number of rotatable bonds is 6. The molecule has 102 valence electrons. The molecule has 0 spiro atoms. The number of carbonyl (C=O) groups is 2. The highest BCUT2D eigenvalue weighted by molar-refractivity contribution is 5.98. The first kappa shape index (κ1) is 14.9. The minimum absolute atomic E-state index is 0.102. The van der Waals surface area contributed by atoms with E-state index >= 15 is 0 Å². The van der Waals surface area contributed by atoms with E-state index in [1.165, 1.54) is 0 Å². The fourth-order valence-electron chi connectivity index (χ4n) is 1.43. The lowest BCUT2D eigenvalue weighted by atomic mass is 10.1. The van der Waals surface area contributed by atoms with E-state index < -0.39 is 11.9 Å². The van der Waals surface area contributed by atoms with E-state index in [-0.39, 0.29) is 25.2 Å². The van der Waals surface area contributed by atoms with Gasteiger partial charge in [-0.1, -0.05) is 0 Å². The highest BCUT2D eigenvalue weighted by Gasteiger charge is 2.15. The predicted molar refractivity (Wildman–Crippen MR) is 70.1 cm³/mol. The number of hydrogen-bond acceptors (Lipinski definition) is 5. The molecule has 1 aromatic heterocycles. The molecule has 1 heterocycles. The molecule has 0 atom stereocenters. The van der Waals surface area contributed by atoms with Gasteiger partial charge in [-0.05, 0) is 37.6 Å². The van der Waals surface area contributed by atoms with Gasteiger partial charge in [-0.25, -0.2) is 4.79 Å². The molecule has 1 rings (SSSR count). The Hall–Kier alpha value is -2.17. The fourth-order valence-corrected chi connectivity index (χ4v) is 1.43. The first-order valence-electron chi connectivity index (χ1n) is 6.10. The van der Waals surface area contributed by atoms with Crippen molar-refractivity contribution in [3.8, 4) is 0 Å². The quantitative estimate of drug-likeness (QED) is 0.580. The Labute approximate surface area is 112 Å². The molecule has 0 unspecified atom stereocenters. The molecule has 0 aliphatic rings. The van der Waals surface area contributed by atoms with Gasteiger partial charge in [-0.2, -0.15) is 0 Å². The Morgan fingerprint density at radius 2 is 1.79 bits per heavy atom. The standard InChI is InChI=1S/C14H17NO4/c1-3-18-13(16)10-12(14(17)19-4-2)9-11-5-7-15-8-6-11/h5-9H,3-4,10H2,1-2H3. The number of aromatic nitrogens is 1. The molecule has 1 aromatic rings. The summed E-state index contributed by atoms with van der Waals surface area (Å²) in [5.41, 5.74) is 1.05. The Bertz CT molecular complexity index is 454. The fraction of sp³-hybridized carbons (Fsp3) is 0.357. The van der Waals surface area contributed by atoms with Crippen LogP contribution in [0.15, 0.2) is 30.1 Å². The van der Waals surface area contributed by atoms with E-state index in [1.54, 1.807) is 44.4 Å². The van der Waals surface area contributed by atoms with Crippen LogP contribution in [0.3, 0.4) is 0 Å². The lowest BCUT2D eigenvalue weighted by Gasteiger charge is -2.07. The molecule has 0 fully saturated rings. The Kier molecular flexibility index (Phi) is 6.29. The van der Waals surface area contributed by atoms with Crippen molar-refractivity contribution in [2.75, 3.05) is 13.2 Å². The van der Waals surface area contributed by atoms with E-state index in [0.29, 0.717) is 0 Å². The first-order chi connectivity index (χ1) is 9.17. The molecule has 0 saturated carbocycles. The SMILES string of the molecule is CCOC(=O)CC(=Cc1ccncc1)C(=O)OCC. The highest BCUT2D eigenvalue weighted by Crippen LogP contribution is 2.12. The molecule has 0 N–H and O–H groups in total. The van der Waals surface area contributed by atoms with Gasteiger partial charge in [-0.15, -0.1) is 0 Å². The molecule has 0 amide bonds. The van der Waals surface area contributed by atoms with Crippen LogP contribution in [0.25, 0.3) is 6.08 Å². The van der Waals surface area contributed by atoms with Gasteiger partial charge in [0, 0.05) is 18.0 Å².